The molecule has 0 saturated carbocycles. The maximum Gasteiger partial charge on any atom is 0.323 e. The number of nitrogens with one attached hydrogen (secondary N) is 2. The highest BCUT2D eigenvalue weighted by molar-refractivity contribution is 6.39. The van der Waals surface area contributed by atoms with Crippen LogP contribution in [-0.2, 0) is 9.59 Å². The molecule has 2 rings (SSSR count). The third-order valence-corrected chi connectivity index (χ3v) is 3.31. The number of carbonyl (C=O) groups is 2. The fourth-order valence-corrected chi connectivity index (χ4v) is 1.97. The molecule has 1 saturated heterocycles. The van der Waals surface area contributed by atoms with Gasteiger partial charge >= 0.3 is 11.8 Å². The Labute approximate surface area is 127 Å². The van der Waals surface area contributed by atoms with Gasteiger partial charge < -0.3 is 10.2 Å². The minimum absolute atomic E-state index is 0.0834. The maximum atomic E-state index is 11.8. The summed E-state index contributed by atoms with van der Waals surface area (Å²) in [5.74, 6) is -1.57. The van der Waals surface area contributed by atoms with Crippen LogP contribution >= 0.6 is 0 Å². The number of nitrogens with zero attached hydrogens (tertiary/aromatic N) is 3. The number of hydrazine groups is 1. The van der Waals surface area contributed by atoms with Gasteiger partial charge in [-0.1, -0.05) is 0 Å². The Balaban J connectivity index is 1.85. The average molecular weight is 307 g/mol. The molecule has 2 amide bonds. The molecule has 0 atom stereocenters. The van der Waals surface area contributed by atoms with Gasteiger partial charge in [0.1, 0.15) is 0 Å². The van der Waals surface area contributed by atoms with E-state index in [-0.39, 0.29) is 5.69 Å². The summed E-state index contributed by atoms with van der Waals surface area (Å²) >= 11 is 0. The fraction of sp³-hybridized carbons (Fsp3) is 0.385. The Morgan fingerprint density at radius 2 is 1.68 bits per heavy atom. The Bertz CT molecular complexity index is 566. The summed E-state index contributed by atoms with van der Waals surface area (Å²) in [6.07, 6.45) is 0. The highest BCUT2D eigenvalue weighted by Gasteiger charge is 2.20. The van der Waals surface area contributed by atoms with Crippen molar-refractivity contribution in [3.8, 4) is 0 Å². The summed E-state index contributed by atoms with van der Waals surface area (Å²) in [5.41, 5.74) is 2.78. The van der Waals surface area contributed by atoms with Crippen molar-refractivity contribution >= 4 is 23.2 Å². The number of nitro benzene ring substituents is 1. The number of rotatable bonds is 3. The lowest BCUT2D eigenvalue weighted by Crippen LogP contribution is -2.54. The molecule has 1 aromatic rings. The van der Waals surface area contributed by atoms with Gasteiger partial charge in [-0.15, -0.1) is 0 Å². The minimum atomic E-state index is -0.812. The predicted octanol–water partition coefficient (Wildman–Crippen LogP) is -0.188. The molecule has 0 radical (unpaired) electrons. The molecule has 1 heterocycles. The van der Waals surface area contributed by atoms with Gasteiger partial charge in [-0.25, -0.2) is 5.01 Å². The zero-order valence-corrected chi connectivity index (χ0v) is 12.1. The first-order valence-electron chi connectivity index (χ1n) is 6.75. The first kappa shape index (κ1) is 15.9. The number of carbonyl (C=O) groups excluding carboxylic acids is 2. The maximum absolute atomic E-state index is 11.8. The number of likely N-dealkylation sites (N-methyl/N-ethyl adjacent to an activating group) is 1. The molecule has 9 nitrogen and oxygen atoms in total. The van der Waals surface area contributed by atoms with Gasteiger partial charge in [0.25, 0.3) is 5.69 Å². The summed E-state index contributed by atoms with van der Waals surface area (Å²) in [7, 11) is 1.99. The summed E-state index contributed by atoms with van der Waals surface area (Å²) in [6.45, 7) is 2.91. The molecule has 0 bridgehead atoms. The summed E-state index contributed by atoms with van der Waals surface area (Å²) in [4.78, 5) is 35.7. The number of benzene rings is 1. The van der Waals surface area contributed by atoms with Crippen molar-refractivity contribution in [3.63, 3.8) is 0 Å². The molecule has 1 aliphatic rings. The van der Waals surface area contributed by atoms with Gasteiger partial charge in [-0.3, -0.25) is 25.1 Å². The van der Waals surface area contributed by atoms with Crippen molar-refractivity contribution in [2.24, 2.45) is 0 Å². The van der Waals surface area contributed by atoms with Crippen LogP contribution in [0.15, 0.2) is 24.3 Å². The van der Waals surface area contributed by atoms with E-state index in [1.807, 2.05) is 7.05 Å². The van der Waals surface area contributed by atoms with Crippen molar-refractivity contribution in [1.82, 2.24) is 15.3 Å². The van der Waals surface area contributed by atoms with Gasteiger partial charge in [0.2, 0.25) is 0 Å². The molecule has 22 heavy (non-hydrogen) atoms. The molecular weight excluding hydrogens is 290 g/mol. The molecule has 0 aliphatic carbocycles. The van der Waals surface area contributed by atoms with Gasteiger partial charge in [0.15, 0.2) is 0 Å². The van der Waals surface area contributed by atoms with Crippen LogP contribution < -0.4 is 10.7 Å². The molecule has 9 heteroatoms. The second-order valence-corrected chi connectivity index (χ2v) is 4.99. The molecular formula is C13H17N5O4. The molecule has 1 fully saturated rings. The van der Waals surface area contributed by atoms with E-state index in [9.17, 15) is 19.7 Å². The topological polar surface area (TPSA) is 108 Å². The zero-order chi connectivity index (χ0) is 16.1. The van der Waals surface area contributed by atoms with E-state index in [0.29, 0.717) is 18.8 Å². The first-order chi connectivity index (χ1) is 10.5. The number of hydrogen-bond acceptors (Lipinski definition) is 6. The highest BCUT2D eigenvalue weighted by Crippen LogP contribution is 2.15. The first-order valence-corrected chi connectivity index (χ1v) is 6.75. The van der Waals surface area contributed by atoms with E-state index in [1.54, 1.807) is 5.01 Å². The van der Waals surface area contributed by atoms with E-state index < -0.39 is 16.7 Å². The van der Waals surface area contributed by atoms with Crippen molar-refractivity contribution in [3.05, 3.63) is 34.4 Å². The van der Waals surface area contributed by atoms with Crippen LogP contribution in [0.4, 0.5) is 11.4 Å². The average Bonchev–Trinajstić information content (AvgIpc) is 2.50. The SMILES string of the molecule is CN1CCN(NC(=O)C(=O)Nc2ccc([N+](=O)[O-])cc2)CC1. The standard InChI is InChI=1S/C13H17N5O4/c1-16-6-8-17(9-7-16)15-13(20)12(19)14-10-2-4-11(5-3-10)18(21)22/h2-5H,6-9H2,1H3,(H,14,19)(H,15,20). The van der Waals surface area contributed by atoms with Gasteiger partial charge in [-0.2, -0.15) is 0 Å². The summed E-state index contributed by atoms with van der Waals surface area (Å²) in [5, 5.41) is 14.6. The number of anilines is 1. The molecule has 1 aliphatic heterocycles. The Hall–Kier alpha value is -2.52. The highest BCUT2D eigenvalue weighted by atomic mass is 16.6. The number of amides is 2. The molecule has 1 aromatic carbocycles. The minimum Gasteiger partial charge on any atom is -0.318 e. The second kappa shape index (κ2) is 6.96. The van der Waals surface area contributed by atoms with Crippen LogP contribution in [0.2, 0.25) is 0 Å². The molecule has 2 N–H and O–H groups in total. The smallest absolute Gasteiger partial charge is 0.318 e. The Kier molecular flexibility index (Phi) is 5.02. The lowest BCUT2D eigenvalue weighted by molar-refractivity contribution is -0.384. The normalized spacial score (nSPS) is 16.0. The molecule has 118 valence electrons. The van der Waals surface area contributed by atoms with Crippen LogP contribution in [0.25, 0.3) is 0 Å². The second-order valence-electron chi connectivity index (χ2n) is 4.99. The quantitative estimate of drug-likeness (QED) is 0.455. The molecule has 0 unspecified atom stereocenters. The number of non-ortho nitro benzene ring substituents is 1. The number of piperazine rings is 1. The summed E-state index contributed by atoms with van der Waals surface area (Å²) < 4.78 is 0. The molecule has 0 aromatic heterocycles. The molecule has 0 spiro atoms. The van der Waals surface area contributed by atoms with Crippen LogP contribution in [0.3, 0.4) is 0 Å². The van der Waals surface area contributed by atoms with Crippen molar-refractivity contribution < 1.29 is 14.5 Å². The number of nitro groups is 1. The van der Waals surface area contributed by atoms with Gasteiger partial charge in [0.05, 0.1) is 4.92 Å². The monoisotopic (exact) mass is 307 g/mol. The van der Waals surface area contributed by atoms with Crippen molar-refractivity contribution in [2.75, 3.05) is 38.5 Å². The van der Waals surface area contributed by atoms with Crippen LogP contribution in [0.5, 0.6) is 0 Å². The van der Waals surface area contributed by atoms with E-state index in [4.69, 9.17) is 0 Å². The lowest BCUT2D eigenvalue weighted by atomic mass is 10.3. The van der Waals surface area contributed by atoms with Crippen LogP contribution in [-0.4, -0.2) is 59.9 Å². The lowest BCUT2D eigenvalue weighted by Gasteiger charge is -2.32. The predicted molar refractivity (Wildman–Crippen MR) is 78.9 cm³/mol. The van der Waals surface area contributed by atoms with Crippen LogP contribution in [0.1, 0.15) is 0 Å². The Morgan fingerprint density at radius 3 is 2.23 bits per heavy atom. The fourth-order valence-electron chi connectivity index (χ4n) is 1.97. The largest absolute Gasteiger partial charge is 0.323 e. The van der Waals surface area contributed by atoms with Crippen LogP contribution in [0, 0.1) is 10.1 Å². The zero-order valence-electron chi connectivity index (χ0n) is 12.1. The van der Waals surface area contributed by atoms with E-state index in [2.05, 4.69) is 15.6 Å². The Morgan fingerprint density at radius 1 is 1.09 bits per heavy atom. The van der Waals surface area contributed by atoms with Gasteiger partial charge in [0, 0.05) is 44.0 Å². The van der Waals surface area contributed by atoms with Gasteiger partial charge in [-0.05, 0) is 19.2 Å². The van der Waals surface area contributed by atoms with E-state index in [1.165, 1.54) is 24.3 Å². The van der Waals surface area contributed by atoms with E-state index >= 15 is 0 Å². The summed E-state index contributed by atoms with van der Waals surface area (Å²) in [6, 6.07) is 5.26. The van der Waals surface area contributed by atoms with Crippen molar-refractivity contribution in [2.45, 2.75) is 0 Å². The van der Waals surface area contributed by atoms with Crippen molar-refractivity contribution in [1.29, 1.82) is 0 Å². The third-order valence-electron chi connectivity index (χ3n) is 3.31. The van der Waals surface area contributed by atoms with E-state index in [0.717, 1.165) is 13.1 Å². The number of hydrogen-bond donors (Lipinski definition) is 2. The third kappa shape index (κ3) is 4.24.